The van der Waals surface area contributed by atoms with Crippen molar-refractivity contribution in [2.75, 3.05) is 5.73 Å². The summed E-state index contributed by atoms with van der Waals surface area (Å²) in [6.45, 7) is 0. The minimum Gasteiger partial charge on any atom is -0.382 e. The van der Waals surface area contributed by atoms with Crippen LogP contribution in [-0.4, -0.2) is 15.2 Å². The Balaban J connectivity index is 1.76. The third-order valence-corrected chi connectivity index (χ3v) is 4.59. The molecule has 2 fully saturated rings. The molecule has 0 aliphatic heterocycles. The maximum absolute atomic E-state index is 5.76. The third-order valence-electron chi connectivity index (χ3n) is 4.59. The molecule has 88 valence electrons. The van der Waals surface area contributed by atoms with Crippen LogP contribution in [0.5, 0.6) is 0 Å². The fourth-order valence-corrected chi connectivity index (χ4v) is 3.75. The van der Waals surface area contributed by atoms with Gasteiger partial charge in [0.1, 0.15) is 0 Å². The molecule has 2 aliphatic carbocycles. The lowest BCUT2D eigenvalue weighted by Gasteiger charge is -2.20. The van der Waals surface area contributed by atoms with Gasteiger partial charge >= 0.3 is 0 Å². The van der Waals surface area contributed by atoms with Gasteiger partial charge < -0.3 is 5.73 Å². The highest BCUT2D eigenvalue weighted by atomic mass is 15.2. The lowest BCUT2D eigenvalue weighted by atomic mass is 9.86. The van der Waals surface area contributed by atoms with E-state index in [1.54, 1.807) is 0 Å². The number of H-pyrrole nitrogens is 1. The summed E-state index contributed by atoms with van der Waals surface area (Å²) in [5.41, 5.74) is 7.82. The second-order valence-corrected chi connectivity index (χ2v) is 5.52. The van der Waals surface area contributed by atoms with Gasteiger partial charge in [0.15, 0.2) is 11.5 Å². The molecule has 2 aliphatic rings. The Hall–Kier alpha value is -1.58. The Kier molecular flexibility index (Phi) is 1.79. The van der Waals surface area contributed by atoms with Crippen LogP contribution in [0.2, 0.25) is 0 Å². The summed E-state index contributed by atoms with van der Waals surface area (Å²) >= 11 is 0. The van der Waals surface area contributed by atoms with E-state index in [0.29, 0.717) is 11.7 Å². The van der Waals surface area contributed by atoms with Crippen LogP contribution in [0.4, 0.5) is 5.82 Å². The molecule has 3 N–H and O–H groups in total. The largest absolute Gasteiger partial charge is 0.382 e. The first kappa shape index (κ1) is 9.45. The predicted molar refractivity (Wildman–Crippen MR) is 66.5 cm³/mol. The average molecular weight is 228 g/mol. The number of nitrogens with one attached hydrogen (secondary N) is 1. The second-order valence-electron chi connectivity index (χ2n) is 5.52. The summed E-state index contributed by atoms with van der Waals surface area (Å²) in [4.78, 5) is 4.70. The minimum absolute atomic E-state index is 0.548. The van der Waals surface area contributed by atoms with Crippen molar-refractivity contribution >= 4 is 16.9 Å². The van der Waals surface area contributed by atoms with Gasteiger partial charge in [0.2, 0.25) is 0 Å². The van der Waals surface area contributed by atoms with E-state index in [9.17, 15) is 0 Å². The predicted octanol–water partition coefficient (Wildman–Crippen LogP) is 2.44. The zero-order chi connectivity index (χ0) is 11.4. The first-order chi connectivity index (χ1) is 8.31. The van der Waals surface area contributed by atoms with E-state index in [2.05, 4.69) is 22.3 Å². The number of aromatic amines is 1. The number of rotatable bonds is 1. The van der Waals surface area contributed by atoms with Crippen LogP contribution in [0.15, 0.2) is 12.1 Å². The Morgan fingerprint density at radius 3 is 2.94 bits per heavy atom. The van der Waals surface area contributed by atoms with E-state index in [4.69, 9.17) is 10.7 Å². The summed E-state index contributed by atoms with van der Waals surface area (Å²) in [6, 6.07) is 4.20. The molecule has 3 unspecified atom stereocenters. The molecule has 2 aromatic heterocycles. The smallest absolute Gasteiger partial charge is 0.157 e. The first-order valence-corrected chi connectivity index (χ1v) is 6.42. The topological polar surface area (TPSA) is 67.6 Å². The monoisotopic (exact) mass is 228 g/mol. The Morgan fingerprint density at radius 1 is 1.24 bits per heavy atom. The lowest BCUT2D eigenvalue weighted by Crippen LogP contribution is -2.10. The molecule has 2 bridgehead atoms. The highest BCUT2D eigenvalue weighted by Gasteiger charge is 2.40. The van der Waals surface area contributed by atoms with E-state index in [1.807, 2.05) is 0 Å². The number of nitrogens with zero attached hydrogens (tertiary/aromatic N) is 2. The summed E-state index contributed by atoms with van der Waals surface area (Å²) in [6.07, 6.45) is 5.56. The van der Waals surface area contributed by atoms with E-state index < -0.39 is 0 Å². The van der Waals surface area contributed by atoms with Crippen LogP contribution >= 0.6 is 0 Å². The Bertz CT molecular complexity index is 574. The van der Waals surface area contributed by atoms with Gasteiger partial charge in [0.25, 0.3) is 0 Å². The summed E-state index contributed by atoms with van der Waals surface area (Å²) in [7, 11) is 0. The lowest BCUT2D eigenvalue weighted by molar-refractivity contribution is 0.414. The maximum atomic E-state index is 5.76. The number of aromatic nitrogens is 3. The summed E-state index contributed by atoms with van der Waals surface area (Å²) in [5, 5.41) is 7.85. The van der Waals surface area contributed by atoms with Gasteiger partial charge in [-0.05, 0) is 43.2 Å². The van der Waals surface area contributed by atoms with Crippen LogP contribution in [0, 0.1) is 11.8 Å². The van der Waals surface area contributed by atoms with Crippen molar-refractivity contribution in [1.82, 2.24) is 15.2 Å². The van der Waals surface area contributed by atoms with Gasteiger partial charge in [-0.2, -0.15) is 5.10 Å². The van der Waals surface area contributed by atoms with Crippen LogP contribution in [0.25, 0.3) is 11.0 Å². The van der Waals surface area contributed by atoms with Gasteiger partial charge in [-0.1, -0.05) is 6.42 Å². The minimum atomic E-state index is 0.548. The number of fused-ring (bicyclic) bond motifs is 3. The molecule has 3 atom stereocenters. The highest BCUT2D eigenvalue weighted by Crippen LogP contribution is 2.52. The molecule has 0 amide bonds. The molecule has 4 rings (SSSR count). The fraction of sp³-hybridized carbons (Fsp3) is 0.538. The third kappa shape index (κ3) is 1.30. The molecule has 4 nitrogen and oxygen atoms in total. The molecule has 0 spiro atoms. The van der Waals surface area contributed by atoms with Crippen molar-refractivity contribution in [2.24, 2.45) is 11.8 Å². The first-order valence-electron chi connectivity index (χ1n) is 6.42. The van der Waals surface area contributed by atoms with Crippen molar-refractivity contribution in [3.05, 3.63) is 17.8 Å². The molecule has 0 radical (unpaired) electrons. The zero-order valence-corrected chi connectivity index (χ0v) is 9.69. The van der Waals surface area contributed by atoms with E-state index in [0.717, 1.165) is 22.9 Å². The SMILES string of the molecule is Nc1n[nH]c2nc(C3CC4CCC3C4)ccc12. The second kappa shape index (κ2) is 3.22. The normalized spacial score (nSPS) is 31.4. The van der Waals surface area contributed by atoms with Crippen LogP contribution < -0.4 is 5.73 Å². The molecular weight excluding hydrogens is 212 g/mol. The Labute approximate surface area is 99.6 Å². The summed E-state index contributed by atoms with van der Waals surface area (Å²) in [5.74, 6) is 3.04. The van der Waals surface area contributed by atoms with Gasteiger partial charge in [0.05, 0.1) is 5.39 Å². The van der Waals surface area contributed by atoms with Gasteiger partial charge in [-0.3, -0.25) is 5.10 Å². The number of hydrogen-bond donors (Lipinski definition) is 2. The number of hydrogen-bond acceptors (Lipinski definition) is 3. The van der Waals surface area contributed by atoms with Gasteiger partial charge in [0, 0.05) is 11.6 Å². The van der Waals surface area contributed by atoms with Crippen LogP contribution in [0.3, 0.4) is 0 Å². The molecule has 2 aromatic rings. The molecule has 0 aromatic carbocycles. The van der Waals surface area contributed by atoms with Crippen LogP contribution in [0.1, 0.15) is 37.3 Å². The number of nitrogens with two attached hydrogens (primary N) is 1. The van der Waals surface area contributed by atoms with E-state index in [-0.39, 0.29) is 0 Å². The maximum Gasteiger partial charge on any atom is 0.157 e. The van der Waals surface area contributed by atoms with Crippen molar-refractivity contribution in [3.63, 3.8) is 0 Å². The highest BCUT2D eigenvalue weighted by molar-refractivity contribution is 5.85. The Morgan fingerprint density at radius 2 is 2.18 bits per heavy atom. The fourth-order valence-electron chi connectivity index (χ4n) is 3.75. The zero-order valence-electron chi connectivity index (χ0n) is 9.69. The average Bonchev–Trinajstić information content (AvgIpc) is 3.04. The summed E-state index contributed by atoms with van der Waals surface area (Å²) < 4.78 is 0. The number of pyridine rings is 1. The van der Waals surface area contributed by atoms with Crippen molar-refractivity contribution < 1.29 is 0 Å². The molecule has 17 heavy (non-hydrogen) atoms. The van der Waals surface area contributed by atoms with E-state index in [1.165, 1.54) is 31.4 Å². The van der Waals surface area contributed by atoms with Gasteiger partial charge in [-0.15, -0.1) is 0 Å². The van der Waals surface area contributed by atoms with Crippen molar-refractivity contribution in [3.8, 4) is 0 Å². The van der Waals surface area contributed by atoms with Crippen molar-refractivity contribution in [1.29, 1.82) is 0 Å². The van der Waals surface area contributed by atoms with Gasteiger partial charge in [-0.25, -0.2) is 4.98 Å². The molecule has 0 saturated heterocycles. The molecular formula is C13H16N4. The van der Waals surface area contributed by atoms with Crippen LogP contribution in [-0.2, 0) is 0 Å². The van der Waals surface area contributed by atoms with Crippen molar-refractivity contribution in [2.45, 2.75) is 31.6 Å². The number of nitrogen functional groups attached to an aromatic ring is 1. The standard InChI is InChI=1S/C13H16N4/c14-12-9-3-4-11(15-13(9)17-16-12)10-6-7-1-2-8(10)5-7/h3-4,7-8,10H,1-2,5-6H2,(H3,14,15,16,17). The number of anilines is 1. The molecule has 4 heteroatoms. The van der Waals surface area contributed by atoms with E-state index >= 15 is 0 Å². The molecule has 2 heterocycles. The quantitative estimate of drug-likeness (QED) is 0.787. The molecule has 2 saturated carbocycles.